The number of thioether (sulfide) groups is 1. The van der Waals surface area contributed by atoms with Crippen molar-refractivity contribution in [1.29, 1.82) is 0 Å². The Bertz CT molecular complexity index is 2040. The molecule has 2 aromatic rings. The Morgan fingerprint density at radius 1 is 0.820 bits per heavy atom. The van der Waals surface area contributed by atoms with Gasteiger partial charge in [-0.15, -0.1) is 11.8 Å². The number of aromatic nitrogens is 1. The van der Waals surface area contributed by atoms with E-state index in [1.165, 1.54) is 6.92 Å². The number of para-hydroxylation sites is 1. The van der Waals surface area contributed by atoms with E-state index in [4.69, 9.17) is 5.73 Å². The summed E-state index contributed by atoms with van der Waals surface area (Å²) in [5, 5.41) is 30.3. The van der Waals surface area contributed by atoms with Crippen LogP contribution in [0, 0.1) is 11.8 Å². The summed E-state index contributed by atoms with van der Waals surface area (Å²) < 4.78 is 0. The molecule has 0 spiro atoms. The summed E-state index contributed by atoms with van der Waals surface area (Å²) in [5.74, 6) is -8.49. The maximum atomic E-state index is 14.4. The van der Waals surface area contributed by atoms with Crippen LogP contribution in [0.3, 0.4) is 0 Å². The van der Waals surface area contributed by atoms with Gasteiger partial charge >= 0.3 is 0 Å². The van der Waals surface area contributed by atoms with Gasteiger partial charge in [0.2, 0.25) is 53.2 Å². The molecule has 9 amide bonds. The van der Waals surface area contributed by atoms with E-state index in [0.717, 1.165) is 16.7 Å². The summed E-state index contributed by atoms with van der Waals surface area (Å²) in [5.41, 5.74) is 6.71. The first kappa shape index (κ1) is 46.4. The predicted molar refractivity (Wildman–Crippen MR) is 222 cm³/mol. The van der Waals surface area contributed by atoms with Crippen LogP contribution in [0.5, 0.6) is 0 Å². The van der Waals surface area contributed by atoms with Crippen molar-refractivity contribution in [2.75, 3.05) is 18.8 Å². The van der Waals surface area contributed by atoms with E-state index in [0.29, 0.717) is 34.3 Å². The number of aliphatic hydroxyl groups is 1. The number of hydrogen-bond donors (Lipinski definition) is 10. The lowest BCUT2D eigenvalue weighted by molar-refractivity contribution is -0.143. The molecule has 5 rings (SSSR count). The fourth-order valence-corrected chi connectivity index (χ4v) is 8.66. The summed E-state index contributed by atoms with van der Waals surface area (Å²) in [7, 11) is 0. The highest BCUT2D eigenvalue weighted by Gasteiger charge is 2.44. The lowest BCUT2D eigenvalue weighted by Gasteiger charge is -2.32. The topological polar surface area (TPSA) is 303 Å². The molecule has 1 aromatic carbocycles. The van der Waals surface area contributed by atoms with Crippen molar-refractivity contribution < 1.29 is 48.3 Å². The van der Waals surface area contributed by atoms with Gasteiger partial charge in [0.1, 0.15) is 42.3 Å². The quantitative estimate of drug-likeness (QED) is 0.149. The van der Waals surface area contributed by atoms with Gasteiger partial charge in [-0.2, -0.15) is 0 Å². The number of nitrogens with one attached hydrogen (secondary N) is 8. The Morgan fingerprint density at radius 3 is 2.13 bits per heavy atom. The molecule has 0 aliphatic carbocycles. The normalized spacial score (nSPS) is 28.8. The van der Waals surface area contributed by atoms with Gasteiger partial charge in [0.05, 0.1) is 24.1 Å². The van der Waals surface area contributed by atoms with Crippen LogP contribution in [0.4, 0.5) is 0 Å². The zero-order valence-electron chi connectivity index (χ0n) is 34.8. The number of H-pyrrole nitrogens is 1. The Balaban J connectivity index is 1.69. The average Bonchev–Trinajstić information content (AvgIpc) is 3.79. The van der Waals surface area contributed by atoms with Crippen molar-refractivity contribution in [3.8, 4) is 0 Å². The van der Waals surface area contributed by atoms with E-state index >= 15 is 0 Å². The third kappa shape index (κ3) is 11.2. The number of carbonyl (C=O) groups is 9. The minimum atomic E-state index is -1.64. The van der Waals surface area contributed by atoms with Gasteiger partial charge in [-0.25, -0.2) is 0 Å². The summed E-state index contributed by atoms with van der Waals surface area (Å²) >= 11 is 1.08. The Labute approximate surface area is 356 Å². The SMILES string of the molecule is CC[C@H](C)[C@@H]1NC(=O)[C@H](C)NC(=O)[C@@H]2Cc3c([nH]c4ccccc34)SC[C@H](NC(=O)CNC1=O)C(=O)N[C@@H](CC(N)=O)C(=O)N1CC(O)C[C@H]1C(=O)N[C@@H]([C@@H](C)CC)C(=O)N2. The first-order valence-electron chi connectivity index (χ1n) is 20.5. The molecule has 1 aromatic heterocycles. The Hall–Kier alpha value is -5.70. The molecular weight excluding hydrogens is 813 g/mol. The fourth-order valence-electron chi connectivity index (χ4n) is 7.54. The molecule has 10 atom stereocenters. The number of aromatic amines is 1. The van der Waals surface area contributed by atoms with Gasteiger partial charge in [0, 0.05) is 36.0 Å². The predicted octanol–water partition coefficient (Wildman–Crippen LogP) is -2.20. The summed E-state index contributed by atoms with van der Waals surface area (Å²) in [6.07, 6.45) is -1.45. The number of nitrogens with two attached hydrogens (primary N) is 1. The number of amides is 9. The third-order valence-corrected chi connectivity index (χ3v) is 12.6. The molecular formula is C40H56N10O10S. The van der Waals surface area contributed by atoms with Crippen molar-refractivity contribution in [2.45, 2.75) is 120 Å². The Morgan fingerprint density at radius 2 is 1.46 bits per heavy atom. The molecule has 1 unspecified atom stereocenters. The molecule has 21 heteroatoms. The van der Waals surface area contributed by atoms with E-state index in [9.17, 15) is 48.3 Å². The second-order valence-electron chi connectivity index (χ2n) is 16.0. The number of benzene rings is 1. The lowest BCUT2D eigenvalue weighted by Crippen LogP contribution is -2.61. The molecule has 20 nitrogen and oxygen atoms in total. The van der Waals surface area contributed by atoms with Crippen LogP contribution in [0.15, 0.2) is 29.3 Å². The zero-order chi connectivity index (χ0) is 44.7. The standard InChI is InChI=1S/C40H56N10O10S/c1-6-18(3)31-37(58)42-15-30(53)44-27-17-61-39-23(22-10-8-9-11-24(22)47-39)13-25(34(55)43-20(5)33(54)48-31)45-38(59)32(19(4)7-2)49-36(57)28-12-21(51)16-50(28)40(60)26(14-29(41)52)46-35(27)56/h8-11,18-21,25-28,31-32,47,51H,6-7,12-17H2,1-5H3,(H2,41,52)(H,42,58)(H,43,55)(H,44,53)(H,45,59)(H,46,56)(H,48,54)(H,49,57)/t18-,19-,20-,21?,25-,26-,27-,28-,31-,32-/m0/s1. The molecule has 332 valence electrons. The van der Waals surface area contributed by atoms with Gasteiger partial charge in [-0.3, -0.25) is 43.2 Å². The first-order valence-corrected chi connectivity index (χ1v) is 21.5. The van der Waals surface area contributed by atoms with Crippen molar-refractivity contribution >= 4 is 75.8 Å². The van der Waals surface area contributed by atoms with Crippen molar-refractivity contribution in [1.82, 2.24) is 47.1 Å². The Kier molecular flexibility index (Phi) is 15.4. The fraction of sp³-hybridized carbons (Fsp3) is 0.575. The van der Waals surface area contributed by atoms with Gasteiger partial charge in [-0.1, -0.05) is 58.7 Å². The number of carbonyl (C=O) groups excluding carboxylic acids is 9. The largest absolute Gasteiger partial charge is 0.391 e. The highest BCUT2D eigenvalue weighted by atomic mass is 32.2. The number of nitrogens with zero attached hydrogens (tertiary/aromatic N) is 1. The van der Waals surface area contributed by atoms with E-state index in [-0.39, 0.29) is 25.1 Å². The van der Waals surface area contributed by atoms with Crippen LogP contribution in [-0.2, 0) is 49.6 Å². The van der Waals surface area contributed by atoms with Gasteiger partial charge < -0.3 is 57.9 Å². The lowest BCUT2D eigenvalue weighted by atomic mass is 9.96. The summed E-state index contributed by atoms with van der Waals surface area (Å²) in [6, 6.07) is -2.26. The van der Waals surface area contributed by atoms with E-state index in [2.05, 4.69) is 42.2 Å². The van der Waals surface area contributed by atoms with Crippen molar-refractivity contribution in [3.05, 3.63) is 29.8 Å². The highest BCUT2D eigenvalue weighted by Crippen LogP contribution is 2.32. The van der Waals surface area contributed by atoms with Crippen LogP contribution >= 0.6 is 11.8 Å². The summed E-state index contributed by atoms with van der Waals surface area (Å²) in [4.78, 5) is 128. The highest BCUT2D eigenvalue weighted by molar-refractivity contribution is 7.99. The van der Waals surface area contributed by atoms with Crippen LogP contribution < -0.4 is 43.0 Å². The molecule has 2 bridgehead atoms. The number of primary amides is 1. The van der Waals surface area contributed by atoms with Crippen LogP contribution in [-0.4, -0.2) is 135 Å². The monoisotopic (exact) mass is 868 g/mol. The molecule has 0 radical (unpaired) electrons. The van der Waals surface area contributed by atoms with Gasteiger partial charge in [-0.05, 0) is 30.4 Å². The first-order chi connectivity index (χ1) is 28.9. The van der Waals surface area contributed by atoms with Crippen molar-refractivity contribution in [3.63, 3.8) is 0 Å². The number of aliphatic hydroxyl groups excluding tert-OH is 1. The average molecular weight is 869 g/mol. The molecule has 3 aliphatic heterocycles. The second-order valence-corrected chi connectivity index (χ2v) is 17.0. The number of fused-ring (bicyclic) bond motifs is 5. The van der Waals surface area contributed by atoms with Crippen LogP contribution in [0.2, 0.25) is 0 Å². The molecule has 11 N–H and O–H groups in total. The van der Waals surface area contributed by atoms with E-state index in [1.807, 2.05) is 0 Å². The van der Waals surface area contributed by atoms with Crippen molar-refractivity contribution in [2.24, 2.45) is 17.6 Å². The van der Waals surface area contributed by atoms with Gasteiger partial charge in [0.25, 0.3) is 0 Å². The maximum absolute atomic E-state index is 14.4. The minimum Gasteiger partial charge on any atom is -0.391 e. The smallest absolute Gasteiger partial charge is 0.246 e. The van der Waals surface area contributed by atoms with Crippen LogP contribution in [0.25, 0.3) is 10.9 Å². The molecule has 3 aliphatic rings. The molecule has 0 saturated carbocycles. The van der Waals surface area contributed by atoms with Gasteiger partial charge in [0.15, 0.2) is 0 Å². The van der Waals surface area contributed by atoms with Crippen LogP contribution in [0.1, 0.15) is 65.9 Å². The minimum absolute atomic E-state index is 0.154. The van der Waals surface area contributed by atoms with E-state index in [1.54, 1.807) is 52.0 Å². The molecule has 61 heavy (non-hydrogen) atoms. The zero-order valence-corrected chi connectivity index (χ0v) is 35.6. The summed E-state index contributed by atoms with van der Waals surface area (Å²) in [6.45, 7) is 7.48. The second kappa shape index (κ2) is 20.2. The molecule has 4 heterocycles. The molecule has 1 fully saturated rings. The third-order valence-electron chi connectivity index (χ3n) is 11.5. The van der Waals surface area contributed by atoms with E-state index < -0.39 is 126 Å². The number of rotatable bonds is 6. The molecule has 1 saturated heterocycles. The number of hydrogen-bond acceptors (Lipinski definition) is 11. The maximum Gasteiger partial charge on any atom is 0.246 e.